The molecular weight excluding hydrogens is 520 g/mol. The molecule has 0 aromatic rings. The van der Waals surface area contributed by atoms with E-state index in [1.165, 1.54) is 31.3 Å². The van der Waals surface area contributed by atoms with Crippen LogP contribution >= 0.6 is 12.2 Å². The first kappa shape index (κ1) is 29.8. The number of likely N-dealkylation sites (N-methyl/N-ethyl adjacent to an activating group) is 1. The number of rotatable bonds is 8. The number of nitrogens with one attached hydrogen (secondary N) is 1. The Morgan fingerprint density at radius 2 is 1.88 bits per heavy atom. The molecule has 7 atom stereocenters. The lowest BCUT2D eigenvalue weighted by molar-refractivity contribution is -0.117. The van der Waals surface area contributed by atoms with Crippen LogP contribution in [0.4, 0.5) is 4.79 Å². The third-order valence-electron chi connectivity index (χ3n) is 11.6. The first-order chi connectivity index (χ1) is 19.0. The summed E-state index contributed by atoms with van der Waals surface area (Å²) in [5, 5.41) is 7.95. The van der Waals surface area contributed by atoms with Gasteiger partial charge in [0.25, 0.3) is 0 Å². The summed E-state index contributed by atoms with van der Waals surface area (Å²) in [4.78, 5) is 35.9. The summed E-state index contributed by atoms with van der Waals surface area (Å²) < 4.78 is 0. The van der Waals surface area contributed by atoms with E-state index >= 15 is 0 Å². The maximum atomic E-state index is 13.2. The first-order valence-electron chi connectivity index (χ1n) is 15.7. The van der Waals surface area contributed by atoms with Gasteiger partial charge in [0.2, 0.25) is 0 Å². The van der Waals surface area contributed by atoms with Crippen LogP contribution in [0.1, 0.15) is 85.0 Å². The number of amides is 1. The second-order valence-corrected chi connectivity index (χ2v) is 14.6. The van der Waals surface area contributed by atoms with Gasteiger partial charge >= 0.3 is 6.09 Å². The van der Waals surface area contributed by atoms with Gasteiger partial charge in [0, 0.05) is 49.4 Å². The molecule has 0 spiro atoms. The lowest BCUT2D eigenvalue weighted by atomic mass is 9.46. The Bertz CT molecular complexity index is 1070. The second-order valence-electron chi connectivity index (χ2n) is 14.0. The van der Waals surface area contributed by atoms with Gasteiger partial charge in [0.05, 0.1) is 5.71 Å². The number of hydrogen-bond donors (Lipinski definition) is 1. The fraction of sp³-hybridized carbons (Fsp3) is 0.812. The number of nitrogens with zero attached hydrogens (tertiary/aromatic N) is 3. The van der Waals surface area contributed by atoms with Crippen LogP contribution in [0.3, 0.4) is 0 Å². The third-order valence-corrected chi connectivity index (χ3v) is 12.1. The number of carbonyl (C=O) groups is 2. The molecule has 1 N–H and O–H groups in total. The molecule has 0 aromatic carbocycles. The van der Waals surface area contributed by atoms with Gasteiger partial charge in [0.1, 0.15) is 0 Å². The molecule has 0 bridgehead atoms. The van der Waals surface area contributed by atoms with E-state index in [1.54, 1.807) is 4.90 Å². The molecule has 40 heavy (non-hydrogen) atoms. The van der Waals surface area contributed by atoms with E-state index in [1.807, 2.05) is 20.2 Å². The van der Waals surface area contributed by atoms with Gasteiger partial charge in [-0.25, -0.2) is 4.79 Å². The molecule has 5 aliphatic rings. The molecule has 4 fully saturated rings. The van der Waals surface area contributed by atoms with Crippen LogP contribution < -0.4 is 5.32 Å². The zero-order valence-corrected chi connectivity index (χ0v) is 26.2. The van der Waals surface area contributed by atoms with Crippen molar-refractivity contribution in [2.45, 2.75) is 91.0 Å². The minimum absolute atomic E-state index is 0.192. The molecule has 1 aliphatic heterocycles. The van der Waals surface area contributed by atoms with Crippen LogP contribution in [0, 0.1) is 34.5 Å². The van der Waals surface area contributed by atoms with Crippen molar-refractivity contribution in [3.8, 4) is 0 Å². The van der Waals surface area contributed by atoms with E-state index in [0.29, 0.717) is 49.0 Å². The zero-order chi connectivity index (χ0) is 28.7. The van der Waals surface area contributed by atoms with Crippen molar-refractivity contribution in [2.75, 3.05) is 40.3 Å². The van der Waals surface area contributed by atoms with Gasteiger partial charge in [-0.1, -0.05) is 36.8 Å². The van der Waals surface area contributed by atoms with Crippen molar-refractivity contribution in [2.24, 2.45) is 39.7 Å². The van der Waals surface area contributed by atoms with Gasteiger partial charge in [-0.05, 0) is 113 Å². The highest BCUT2D eigenvalue weighted by Crippen LogP contribution is 2.66. The summed E-state index contributed by atoms with van der Waals surface area (Å²) in [6.07, 6.45) is 12.1. The zero-order valence-electron chi connectivity index (χ0n) is 25.3. The molecular formula is C32H50N4O3S. The predicted molar refractivity (Wildman–Crippen MR) is 164 cm³/mol. The Balaban J connectivity index is 1.24. The van der Waals surface area contributed by atoms with Crippen molar-refractivity contribution in [1.29, 1.82) is 0 Å². The number of carbonyl (C=O) groups excluding carboxylic acids is 2. The molecule has 0 radical (unpaired) electrons. The molecule has 5 rings (SSSR count). The largest absolute Gasteiger partial charge is 0.436 e. The smallest absolute Gasteiger partial charge is 0.309 e. The van der Waals surface area contributed by atoms with E-state index in [0.717, 1.165) is 55.8 Å². The molecule has 7 nitrogen and oxygen atoms in total. The SMILES string of the molecule is C/C(=N\OC(=O)N(CCC1NCCC1=S)CCN(C)C)[C@H]1CC[C@H]2[C@@H]3CCC4=CC(=O)CC[C@]4(C)[C@H]3CC[C@]12C. The van der Waals surface area contributed by atoms with Crippen molar-refractivity contribution in [1.82, 2.24) is 15.1 Å². The topological polar surface area (TPSA) is 74.2 Å². The Morgan fingerprint density at radius 3 is 2.60 bits per heavy atom. The maximum absolute atomic E-state index is 13.2. The van der Waals surface area contributed by atoms with Crippen LogP contribution in [0.2, 0.25) is 0 Å². The average molecular weight is 571 g/mol. The molecule has 1 unspecified atom stereocenters. The summed E-state index contributed by atoms with van der Waals surface area (Å²) in [5.41, 5.74) is 2.78. The molecule has 222 valence electrons. The quantitative estimate of drug-likeness (QED) is 0.176. The fourth-order valence-corrected chi connectivity index (χ4v) is 9.60. The highest BCUT2D eigenvalue weighted by molar-refractivity contribution is 7.80. The minimum Gasteiger partial charge on any atom is -0.309 e. The second kappa shape index (κ2) is 11.9. The highest BCUT2D eigenvalue weighted by atomic mass is 32.1. The van der Waals surface area contributed by atoms with E-state index in [9.17, 15) is 9.59 Å². The van der Waals surface area contributed by atoms with Crippen LogP contribution in [0.15, 0.2) is 16.8 Å². The van der Waals surface area contributed by atoms with Gasteiger partial charge in [0.15, 0.2) is 5.78 Å². The van der Waals surface area contributed by atoms with Crippen molar-refractivity contribution in [3.63, 3.8) is 0 Å². The van der Waals surface area contributed by atoms with E-state index in [2.05, 4.69) is 36.1 Å². The number of thiocarbonyl (C=S) groups is 1. The molecule has 4 aliphatic carbocycles. The van der Waals surface area contributed by atoms with Gasteiger partial charge < -0.3 is 15.1 Å². The average Bonchev–Trinajstić information content (AvgIpc) is 3.49. The molecule has 1 heterocycles. The molecule has 3 saturated carbocycles. The number of fused-ring (bicyclic) bond motifs is 5. The van der Waals surface area contributed by atoms with Gasteiger partial charge in [-0.15, -0.1) is 0 Å². The number of hydrogen-bond acceptors (Lipinski definition) is 7. The highest BCUT2D eigenvalue weighted by Gasteiger charge is 2.59. The monoisotopic (exact) mass is 570 g/mol. The summed E-state index contributed by atoms with van der Waals surface area (Å²) >= 11 is 5.50. The normalized spacial score (nSPS) is 37.6. The maximum Gasteiger partial charge on any atom is 0.436 e. The molecule has 8 heteroatoms. The Morgan fingerprint density at radius 1 is 1.07 bits per heavy atom. The minimum atomic E-state index is -0.361. The molecule has 1 saturated heterocycles. The fourth-order valence-electron chi connectivity index (χ4n) is 9.30. The summed E-state index contributed by atoms with van der Waals surface area (Å²) in [5.74, 6) is 2.74. The molecule has 1 amide bonds. The Labute approximate surface area is 246 Å². The molecule has 0 aromatic heterocycles. The number of allylic oxidation sites excluding steroid dienone is 1. The lowest BCUT2D eigenvalue weighted by Gasteiger charge is -2.58. The third kappa shape index (κ3) is 5.69. The van der Waals surface area contributed by atoms with E-state index in [-0.39, 0.29) is 23.0 Å². The first-order valence-corrected chi connectivity index (χ1v) is 16.1. The van der Waals surface area contributed by atoms with Crippen LogP contribution in [0.5, 0.6) is 0 Å². The van der Waals surface area contributed by atoms with Gasteiger partial charge in [-0.2, -0.15) is 0 Å². The van der Waals surface area contributed by atoms with Crippen molar-refractivity contribution < 1.29 is 14.4 Å². The van der Waals surface area contributed by atoms with Crippen LogP contribution in [-0.2, 0) is 9.63 Å². The summed E-state index contributed by atoms with van der Waals surface area (Å²) in [6.45, 7) is 9.90. The van der Waals surface area contributed by atoms with Gasteiger partial charge in [-0.3, -0.25) is 9.63 Å². The lowest BCUT2D eigenvalue weighted by Crippen LogP contribution is -2.51. The summed E-state index contributed by atoms with van der Waals surface area (Å²) in [6, 6.07) is 0.197. The van der Waals surface area contributed by atoms with Crippen molar-refractivity contribution in [3.05, 3.63) is 11.6 Å². The van der Waals surface area contributed by atoms with E-state index < -0.39 is 0 Å². The Hall–Kier alpha value is -1.64. The standard InChI is InChI=1S/C32H50N4O3S/c1-21(34-39-30(38)36(19-18-35(4)5)17-13-28-29(40)12-16-33-28)25-8-9-26-24-7-6-22-20-23(37)10-14-31(22,2)27(24)11-15-32(25,26)3/h20,24-28,33H,6-19H2,1-5H3/b34-21+/t24-,25+,26-,27-,28?,31-,32+/m0/s1. The number of oxime groups is 1. The number of ketones is 1. The van der Waals surface area contributed by atoms with Crippen molar-refractivity contribution >= 4 is 34.7 Å². The summed E-state index contributed by atoms with van der Waals surface area (Å²) in [7, 11) is 4.03. The van der Waals surface area contributed by atoms with E-state index in [4.69, 9.17) is 17.1 Å². The predicted octanol–water partition coefficient (Wildman–Crippen LogP) is 5.63. The Kier molecular flexibility index (Phi) is 8.89. The van der Waals surface area contributed by atoms with Crippen LogP contribution in [0.25, 0.3) is 0 Å². The van der Waals surface area contributed by atoms with Crippen LogP contribution in [-0.4, -0.2) is 78.6 Å².